The smallest absolute Gasteiger partial charge is 0.305 e. The largest absolute Gasteiger partial charge is 0.481 e. The van der Waals surface area contributed by atoms with Crippen molar-refractivity contribution in [3.05, 3.63) is 54.2 Å². The van der Waals surface area contributed by atoms with Crippen molar-refractivity contribution < 1.29 is 14.6 Å². The van der Waals surface area contributed by atoms with Gasteiger partial charge in [-0.05, 0) is 18.2 Å². The van der Waals surface area contributed by atoms with Crippen LogP contribution < -0.4 is 9.64 Å². The monoisotopic (exact) mass is 286 g/mol. The Hall–Kier alpha value is -2.56. The number of aliphatic carboxylic acids is 1. The van der Waals surface area contributed by atoms with Gasteiger partial charge >= 0.3 is 5.97 Å². The van der Waals surface area contributed by atoms with E-state index in [-0.39, 0.29) is 6.42 Å². The number of carbonyl (C=O) groups is 1. The fourth-order valence-corrected chi connectivity index (χ4v) is 2.02. The van der Waals surface area contributed by atoms with Gasteiger partial charge in [-0.2, -0.15) is 0 Å². The number of hydrogen-bond acceptors (Lipinski definition) is 4. The van der Waals surface area contributed by atoms with Gasteiger partial charge in [0.25, 0.3) is 0 Å². The normalized spacial score (nSPS) is 10.1. The summed E-state index contributed by atoms with van der Waals surface area (Å²) in [6.45, 7) is 0.965. The van der Waals surface area contributed by atoms with Crippen LogP contribution in [0.1, 0.15) is 12.1 Å². The maximum atomic E-state index is 10.8. The Bertz CT molecular complexity index is 587. The molecule has 2 rings (SSSR count). The van der Waals surface area contributed by atoms with Crippen LogP contribution in [0, 0.1) is 0 Å². The summed E-state index contributed by atoms with van der Waals surface area (Å²) in [6, 6.07) is 15.3. The topological polar surface area (TPSA) is 62.7 Å². The van der Waals surface area contributed by atoms with Crippen LogP contribution in [0.25, 0.3) is 0 Å². The average Bonchev–Trinajstić information content (AvgIpc) is 2.52. The van der Waals surface area contributed by atoms with Crippen LogP contribution in [0.3, 0.4) is 0 Å². The van der Waals surface area contributed by atoms with Crippen molar-refractivity contribution >= 4 is 11.7 Å². The molecule has 0 saturated carbocycles. The molecule has 1 aromatic carbocycles. The summed E-state index contributed by atoms with van der Waals surface area (Å²) in [4.78, 5) is 17.2. The third kappa shape index (κ3) is 4.49. The number of ether oxygens (including phenoxy) is 1. The SMILES string of the molecule is COc1cccc(CN(CCC(=O)O)c2ccccc2)n1. The third-order valence-corrected chi connectivity index (χ3v) is 3.06. The molecule has 0 amide bonds. The molecule has 5 nitrogen and oxygen atoms in total. The minimum absolute atomic E-state index is 0.0822. The molecule has 0 radical (unpaired) electrons. The van der Waals surface area contributed by atoms with Gasteiger partial charge in [0.2, 0.25) is 5.88 Å². The molecule has 1 heterocycles. The highest BCUT2D eigenvalue weighted by molar-refractivity contribution is 5.67. The first-order valence-electron chi connectivity index (χ1n) is 6.71. The molecule has 5 heteroatoms. The number of benzene rings is 1. The van der Waals surface area contributed by atoms with Crippen LogP contribution in [0.5, 0.6) is 5.88 Å². The molecule has 2 aromatic rings. The lowest BCUT2D eigenvalue weighted by molar-refractivity contribution is -0.136. The quantitative estimate of drug-likeness (QED) is 0.847. The Labute approximate surface area is 123 Å². The molecule has 110 valence electrons. The molecule has 1 N–H and O–H groups in total. The first-order chi connectivity index (χ1) is 10.2. The van der Waals surface area contributed by atoms with E-state index in [0.717, 1.165) is 11.4 Å². The van der Waals surface area contributed by atoms with Crippen LogP contribution in [0.15, 0.2) is 48.5 Å². The van der Waals surface area contributed by atoms with Crippen LogP contribution >= 0.6 is 0 Å². The van der Waals surface area contributed by atoms with Crippen LogP contribution in [0.2, 0.25) is 0 Å². The highest BCUT2D eigenvalue weighted by Crippen LogP contribution is 2.17. The first-order valence-corrected chi connectivity index (χ1v) is 6.71. The van der Waals surface area contributed by atoms with Crippen molar-refractivity contribution in [2.45, 2.75) is 13.0 Å². The number of anilines is 1. The number of carboxylic acid groups (broad SMARTS) is 1. The zero-order chi connectivity index (χ0) is 15.1. The van der Waals surface area contributed by atoms with Gasteiger partial charge < -0.3 is 14.7 Å². The summed E-state index contributed by atoms with van der Waals surface area (Å²) in [6.07, 6.45) is 0.0822. The van der Waals surface area contributed by atoms with Gasteiger partial charge in [0, 0.05) is 18.3 Å². The van der Waals surface area contributed by atoms with E-state index in [1.54, 1.807) is 13.2 Å². The van der Waals surface area contributed by atoms with E-state index in [9.17, 15) is 4.79 Å². The van der Waals surface area contributed by atoms with E-state index >= 15 is 0 Å². The molecule has 0 fully saturated rings. The Kier molecular flexibility index (Phi) is 5.15. The lowest BCUT2D eigenvalue weighted by Crippen LogP contribution is -2.26. The van der Waals surface area contributed by atoms with Crippen molar-refractivity contribution in [1.29, 1.82) is 0 Å². The average molecular weight is 286 g/mol. The van der Waals surface area contributed by atoms with E-state index in [1.807, 2.05) is 47.4 Å². The van der Waals surface area contributed by atoms with Gasteiger partial charge in [-0.1, -0.05) is 24.3 Å². The molecule has 0 spiro atoms. The maximum Gasteiger partial charge on any atom is 0.305 e. The summed E-state index contributed by atoms with van der Waals surface area (Å²) < 4.78 is 5.12. The van der Waals surface area contributed by atoms with Crippen molar-refractivity contribution in [2.24, 2.45) is 0 Å². The summed E-state index contributed by atoms with van der Waals surface area (Å²) in [5.74, 6) is -0.256. The molecule has 1 aromatic heterocycles. The number of aromatic nitrogens is 1. The van der Waals surface area contributed by atoms with Crippen LogP contribution in [-0.2, 0) is 11.3 Å². The number of nitrogens with zero attached hydrogens (tertiary/aromatic N) is 2. The third-order valence-electron chi connectivity index (χ3n) is 3.06. The highest BCUT2D eigenvalue weighted by Gasteiger charge is 2.10. The van der Waals surface area contributed by atoms with E-state index < -0.39 is 5.97 Å². The van der Waals surface area contributed by atoms with Crippen molar-refractivity contribution in [3.8, 4) is 5.88 Å². The molecule has 21 heavy (non-hydrogen) atoms. The first kappa shape index (κ1) is 14.8. The molecule has 0 unspecified atom stereocenters. The summed E-state index contributed by atoms with van der Waals surface area (Å²) in [5, 5.41) is 8.90. The Morgan fingerprint density at radius 2 is 1.95 bits per heavy atom. The molecule has 0 aliphatic rings. The Morgan fingerprint density at radius 1 is 1.19 bits per heavy atom. The fourth-order valence-electron chi connectivity index (χ4n) is 2.02. The minimum Gasteiger partial charge on any atom is -0.481 e. The molecule has 0 bridgehead atoms. The number of para-hydroxylation sites is 1. The van der Waals surface area contributed by atoms with Crippen LogP contribution in [0.4, 0.5) is 5.69 Å². The molecule has 0 aliphatic heterocycles. The fraction of sp³-hybridized carbons (Fsp3) is 0.250. The number of rotatable bonds is 7. The lowest BCUT2D eigenvalue weighted by Gasteiger charge is -2.24. The van der Waals surface area contributed by atoms with E-state index in [0.29, 0.717) is 19.0 Å². The Balaban J connectivity index is 2.16. The predicted molar refractivity (Wildman–Crippen MR) is 80.5 cm³/mol. The van der Waals surface area contributed by atoms with Gasteiger partial charge in [0.1, 0.15) is 0 Å². The van der Waals surface area contributed by atoms with Crippen molar-refractivity contribution in [3.63, 3.8) is 0 Å². The van der Waals surface area contributed by atoms with Gasteiger partial charge in [-0.25, -0.2) is 4.98 Å². The highest BCUT2D eigenvalue weighted by atomic mass is 16.5. The number of methoxy groups -OCH3 is 1. The standard InChI is InChI=1S/C16H18N2O3/c1-21-15-9-5-6-13(17-15)12-18(11-10-16(19)20)14-7-3-2-4-8-14/h2-9H,10-12H2,1H3,(H,19,20). The number of hydrogen-bond donors (Lipinski definition) is 1. The minimum atomic E-state index is -0.811. The second kappa shape index (κ2) is 7.28. The van der Waals surface area contributed by atoms with Gasteiger partial charge in [0.15, 0.2) is 0 Å². The number of pyridine rings is 1. The van der Waals surface area contributed by atoms with Crippen LogP contribution in [-0.4, -0.2) is 29.7 Å². The molecular weight excluding hydrogens is 268 g/mol. The zero-order valence-electron chi connectivity index (χ0n) is 11.9. The predicted octanol–water partition coefficient (Wildman–Crippen LogP) is 2.57. The zero-order valence-corrected chi connectivity index (χ0v) is 11.9. The molecule has 0 saturated heterocycles. The number of carboxylic acids is 1. The Morgan fingerprint density at radius 3 is 2.62 bits per heavy atom. The van der Waals surface area contributed by atoms with E-state index in [1.165, 1.54) is 0 Å². The maximum absolute atomic E-state index is 10.8. The summed E-state index contributed by atoms with van der Waals surface area (Å²) in [5.41, 5.74) is 1.81. The van der Waals surface area contributed by atoms with Crippen molar-refractivity contribution in [2.75, 3.05) is 18.6 Å². The van der Waals surface area contributed by atoms with Crippen molar-refractivity contribution in [1.82, 2.24) is 4.98 Å². The molecule has 0 atom stereocenters. The second-order valence-corrected chi connectivity index (χ2v) is 4.57. The summed E-state index contributed by atoms with van der Waals surface area (Å²) in [7, 11) is 1.57. The van der Waals surface area contributed by atoms with E-state index in [4.69, 9.17) is 9.84 Å². The van der Waals surface area contributed by atoms with Gasteiger partial charge in [0.05, 0.1) is 25.8 Å². The van der Waals surface area contributed by atoms with Gasteiger partial charge in [-0.15, -0.1) is 0 Å². The summed E-state index contributed by atoms with van der Waals surface area (Å²) >= 11 is 0. The van der Waals surface area contributed by atoms with E-state index in [2.05, 4.69) is 4.98 Å². The lowest BCUT2D eigenvalue weighted by atomic mass is 10.2. The molecule has 0 aliphatic carbocycles. The van der Waals surface area contributed by atoms with Gasteiger partial charge in [-0.3, -0.25) is 4.79 Å². The molecular formula is C16H18N2O3. The second-order valence-electron chi connectivity index (χ2n) is 4.57.